The van der Waals surface area contributed by atoms with Crippen LogP contribution in [0.5, 0.6) is 5.75 Å². The minimum absolute atomic E-state index is 0.0657. The van der Waals surface area contributed by atoms with Crippen LogP contribution in [0.2, 0.25) is 0 Å². The van der Waals surface area contributed by atoms with Gasteiger partial charge in [0.1, 0.15) is 17.2 Å². The maximum Gasteiger partial charge on any atom is 0.573 e. The molecule has 1 aromatic carbocycles. The van der Waals surface area contributed by atoms with Crippen molar-refractivity contribution in [2.45, 2.75) is 53.3 Å². The van der Waals surface area contributed by atoms with E-state index < -0.39 is 6.36 Å². The zero-order valence-electron chi connectivity index (χ0n) is 14.5. The molecule has 2 aromatic rings. The van der Waals surface area contributed by atoms with Crippen LogP contribution in [0, 0.1) is 5.41 Å². The Morgan fingerprint density at radius 2 is 1.75 bits per heavy atom. The van der Waals surface area contributed by atoms with Gasteiger partial charge in [-0.1, -0.05) is 51.9 Å². The maximum absolute atomic E-state index is 12.7. The number of nitrogens with zero attached hydrogens (tertiary/aromatic N) is 1. The van der Waals surface area contributed by atoms with Gasteiger partial charge in [-0.2, -0.15) is 0 Å². The van der Waals surface area contributed by atoms with Crippen LogP contribution in [-0.2, 0) is 6.42 Å². The Kier molecular flexibility index (Phi) is 4.97. The third kappa shape index (κ3) is 4.52. The number of hydrogen-bond donors (Lipinski definition) is 0. The van der Waals surface area contributed by atoms with Crippen molar-refractivity contribution < 1.29 is 22.4 Å². The summed E-state index contributed by atoms with van der Waals surface area (Å²) in [6.45, 7) is 10.1. The minimum Gasteiger partial charge on any atom is -0.405 e. The van der Waals surface area contributed by atoms with Crippen molar-refractivity contribution in [3.05, 3.63) is 35.6 Å². The van der Waals surface area contributed by atoms with E-state index in [1.54, 1.807) is 12.1 Å². The topological polar surface area (TPSA) is 35.3 Å². The lowest BCUT2D eigenvalue weighted by atomic mass is 9.85. The average molecular weight is 341 g/mol. The molecule has 0 bridgehead atoms. The van der Waals surface area contributed by atoms with Crippen LogP contribution in [-0.4, -0.2) is 11.5 Å². The molecule has 0 N–H and O–H groups in total. The first-order valence-electron chi connectivity index (χ1n) is 7.81. The van der Waals surface area contributed by atoms with Crippen molar-refractivity contribution in [2.24, 2.45) is 5.41 Å². The van der Waals surface area contributed by atoms with Gasteiger partial charge in [-0.05, 0) is 24.0 Å². The van der Waals surface area contributed by atoms with Crippen LogP contribution in [0.3, 0.4) is 0 Å². The zero-order chi connectivity index (χ0) is 18.1. The first-order valence-corrected chi connectivity index (χ1v) is 7.81. The summed E-state index contributed by atoms with van der Waals surface area (Å²) >= 11 is 0. The van der Waals surface area contributed by atoms with Gasteiger partial charge in [0, 0.05) is 17.0 Å². The summed E-state index contributed by atoms with van der Waals surface area (Å²) < 4.78 is 47.6. The molecule has 0 fully saturated rings. The van der Waals surface area contributed by atoms with Crippen molar-refractivity contribution >= 4 is 0 Å². The van der Waals surface area contributed by atoms with Gasteiger partial charge in [-0.15, -0.1) is 13.2 Å². The van der Waals surface area contributed by atoms with Crippen LogP contribution in [0.4, 0.5) is 13.2 Å². The number of benzene rings is 1. The first kappa shape index (κ1) is 18.4. The minimum atomic E-state index is -4.76. The number of rotatable bonds is 4. The van der Waals surface area contributed by atoms with Crippen LogP contribution < -0.4 is 4.74 Å². The second-order valence-electron chi connectivity index (χ2n) is 7.31. The zero-order valence-corrected chi connectivity index (χ0v) is 14.5. The Hall–Kier alpha value is -1.98. The van der Waals surface area contributed by atoms with Gasteiger partial charge in [-0.25, -0.2) is 0 Å². The molecule has 0 aliphatic carbocycles. The molecule has 0 saturated heterocycles. The van der Waals surface area contributed by atoms with E-state index in [1.807, 2.05) is 13.8 Å². The van der Waals surface area contributed by atoms with E-state index in [9.17, 15) is 13.2 Å². The van der Waals surface area contributed by atoms with E-state index in [1.165, 1.54) is 12.1 Å². The molecule has 24 heavy (non-hydrogen) atoms. The summed E-state index contributed by atoms with van der Waals surface area (Å²) in [5, 5.41) is 4.06. The van der Waals surface area contributed by atoms with Gasteiger partial charge < -0.3 is 9.26 Å². The van der Waals surface area contributed by atoms with E-state index in [0.29, 0.717) is 17.9 Å². The summed E-state index contributed by atoms with van der Waals surface area (Å²) in [5.41, 5.74) is 1.46. The van der Waals surface area contributed by atoms with E-state index in [0.717, 1.165) is 5.56 Å². The van der Waals surface area contributed by atoms with E-state index in [2.05, 4.69) is 30.7 Å². The molecular formula is C18H22F3NO2. The van der Waals surface area contributed by atoms with E-state index in [4.69, 9.17) is 4.52 Å². The Morgan fingerprint density at radius 1 is 1.12 bits per heavy atom. The van der Waals surface area contributed by atoms with Gasteiger partial charge in [0.25, 0.3) is 0 Å². The van der Waals surface area contributed by atoms with Crippen molar-refractivity contribution in [2.75, 3.05) is 0 Å². The molecule has 132 valence electrons. The molecule has 0 unspecified atom stereocenters. The summed E-state index contributed by atoms with van der Waals surface area (Å²) in [4.78, 5) is 0. The predicted octanol–water partition coefficient (Wildman–Crippen LogP) is 5.95. The lowest BCUT2D eigenvalue weighted by Gasteiger charge is -2.20. The van der Waals surface area contributed by atoms with Crippen molar-refractivity contribution in [1.29, 1.82) is 0 Å². The summed E-state index contributed by atoms with van der Waals surface area (Å²) in [7, 11) is 0. The molecule has 2 rings (SSSR count). The highest BCUT2D eigenvalue weighted by Crippen LogP contribution is 2.39. The van der Waals surface area contributed by atoms with E-state index in [-0.39, 0.29) is 22.6 Å². The summed E-state index contributed by atoms with van der Waals surface area (Å²) in [5.74, 6) is 0.504. The molecular weight excluding hydrogens is 319 g/mol. The lowest BCUT2D eigenvalue weighted by Crippen LogP contribution is -2.18. The fourth-order valence-electron chi connectivity index (χ4n) is 2.56. The molecule has 0 spiro atoms. The Labute approximate surface area is 139 Å². The fourth-order valence-corrected chi connectivity index (χ4v) is 2.56. The Morgan fingerprint density at radius 3 is 2.29 bits per heavy atom. The highest BCUT2D eigenvalue weighted by molar-refractivity contribution is 5.70. The molecule has 0 aliphatic rings. The van der Waals surface area contributed by atoms with Crippen molar-refractivity contribution in [3.63, 3.8) is 0 Å². The molecule has 6 heteroatoms. The van der Waals surface area contributed by atoms with Gasteiger partial charge in [0.15, 0.2) is 0 Å². The maximum atomic E-state index is 12.7. The lowest BCUT2D eigenvalue weighted by molar-refractivity contribution is -0.274. The van der Waals surface area contributed by atoms with Gasteiger partial charge in [0.05, 0.1) is 0 Å². The predicted molar refractivity (Wildman–Crippen MR) is 85.9 cm³/mol. The number of aromatic nitrogens is 1. The van der Waals surface area contributed by atoms with Crippen molar-refractivity contribution in [1.82, 2.24) is 5.16 Å². The third-order valence-corrected chi connectivity index (χ3v) is 3.42. The molecule has 0 saturated carbocycles. The number of hydrogen-bond acceptors (Lipinski definition) is 3. The second-order valence-corrected chi connectivity index (χ2v) is 7.31. The van der Waals surface area contributed by atoms with Crippen molar-refractivity contribution in [3.8, 4) is 17.0 Å². The average Bonchev–Trinajstić information content (AvgIpc) is 2.79. The molecule has 3 nitrogen and oxygen atoms in total. The number of alkyl halides is 3. The smallest absolute Gasteiger partial charge is 0.405 e. The van der Waals surface area contributed by atoms with Crippen LogP contribution in [0.1, 0.15) is 51.9 Å². The summed E-state index contributed by atoms with van der Waals surface area (Å²) in [6, 6.07) is 6.00. The molecule has 0 amide bonds. The quantitative estimate of drug-likeness (QED) is 0.689. The molecule has 1 aromatic heterocycles. The number of ether oxygens (including phenoxy) is 1. The highest BCUT2D eigenvalue weighted by atomic mass is 19.4. The van der Waals surface area contributed by atoms with Gasteiger partial charge >= 0.3 is 6.36 Å². The first-order chi connectivity index (χ1) is 11.0. The summed E-state index contributed by atoms with van der Waals surface area (Å²) in [6.07, 6.45) is -4.12. The van der Waals surface area contributed by atoms with Crippen LogP contribution in [0.15, 0.2) is 28.8 Å². The second kappa shape index (κ2) is 6.49. The van der Waals surface area contributed by atoms with Crippen LogP contribution in [0.25, 0.3) is 11.3 Å². The highest BCUT2D eigenvalue weighted by Gasteiger charge is 2.33. The number of para-hydroxylation sites is 1. The monoisotopic (exact) mass is 341 g/mol. The Balaban J connectivity index is 2.57. The fraction of sp³-hybridized carbons (Fsp3) is 0.500. The van der Waals surface area contributed by atoms with E-state index >= 15 is 0 Å². The standard InChI is InChI=1S/C18H22F3NO2/c1-11(2)16-13(10-17(3,4)5)15(22-24-16)12-8-6-7-9-14(12)23-18(19,20)21/h6-9,11H,10H2,1-5H3. The SMILES string of the molecule is CC(C)c1onc(-c2ccccc2OC(F)(F)F)c1CC(C)(C)C. The van der Waals surface area contributed by atoms with Gasteiger partial charge in [-0.3, -0.25) is 0 Å². The number of halogens is 3. The largest absolute Gasteiger partial charge is 0.573 e. The van der Waals surface area contributed by atoms with Gasteiger partial charge in [0.2, 0.25) is 0 Å². The van der Waals surface area contributed by atoms with Crippen LogP contribution >= 0.6 is 0 Å². The normalized spacial score (nSPS) is 12.7. The third-order valence-electron chi connectivity index (χ3n) is 3.42. The molecule has 0 radical (unpaired) electrons. The Bertz CT molecular complexity index is 697. The molecule has 0 aliphatic heterocycles. The molecule has 0 atom stereocenters. The molecule has 1 heterocycles.